The number of nitrogens with zero attached hydrogens (tertiary/aromatic N) is 4. The number of carbonyl (C=O) groups excluding carboxylic acids is 1. The molecule has 0 bridgehead atoms. The second kappa shape index (κ2) is 7.21. The average molecular weight is 314 g/mol. The fraction of sp³-hybridized carbons (Fsp3) is 0.500. The summed E-state index contributed by atoms with van der Waals surface area (Å²) in [6.45, 7) is 3.50. The van der Waals surface area contributed by atoms with Gasteiger partial charge in [0.25, 0.3) is 0 Å². The molecule has 1 aliphatic heterocycles. The summed E-state index contributed by atoms with van der Waals surface area (Å²) in [4.78, 5) is 20.7. The van der Waals surface area contributed by atoms with E-state index >= 15 is 0 Å². The maximum Gasteiger partial charge on any atom is 0.315 e. The van der Waals surface area contributed by atoms with E-state index in [0.717, 1.165) is 49.4 Å². The van der Waals surface area contributed by atoms with Crippen LogP contribution in [0, 0.1) is 0 Å². The number of carbonyl (C=O) groups is 1. The van der Waals surface area contributed by atoms with E-state index in [0.29, 0.717) is 6.54 Å². The maximum absolute atomic E-state index is 12.1. The molecule has 0 fully saturated rings. The van der Waals surface area contributed by atoms with Crippen LogP contribution in [0.15, 0.2) is 24.5 Å². The van der Waals surface area contributed by atoms with Crippen LogP contribution in [-0.4, -0.2) is 32.3 Å². The third-order valence-corrected chi connectivity index (χ3v) is 3.96. The normalized spacial score (nSPS) is 16.7. The first-order valence-electron chi connectivity index (χ1n) is 8.13. The van der Waals surface area contributed by atoms with Gasteiger partial charge in [-0.05, 0) is 30.9 Å². The molecule has 2 N–H and O–H groups in total. The van der Waals surface area contributed by atoms with Crippen molar-refractivity contribution < 1.29 is 4.79 Å². The number of fused-ring (bicyclic) bond motifs is 1. The minimum absolute atomic E-state index is 0.0602. The number of aryl methyl sites for hydroxylation is 2. The number of aromatic nitrogens is 4. The van der Waals surface area contributed by atoms with E-state index in [-0.39, 0.29) is 12.1 Å². The summed E-state index contributed by atoms with van der Waals surface area (Å²) in [5.41, 5.74) is 1.11. The van der Waals surface area contributed by atoms with E-state index in [2.05, 4.69) is 25.7 Å². The summed E-state index contributed by atoms with van der Waals surface area (Å²) in [5, 5.41) is 10.4. The van der Waals surface area contributed by atoms with Crippen molar-refractivity contribution in [2.45, 2.75) is 45.2 Å². The molecule has 23 heavy (non-hydrogen) atoms. The van der Waals surface area contributed by atoms with Gasteiger partial charge in [0.05, 0.1) is 6.04 Å². The number of hydrogen-bond donors (Lipinski definition) is 2. The standard InChI is InChI=1S/C16H22N6O/c1-2-14-20-15-13(6-4-10-22(15)21-14)19-16(23)18-9-7-12-5-3-8-17-11-12/h3,5,8,11,13H,2,4,6-7,9-10H2,1H3,(H2,18,19,23). The van der Waals surface area contributed by atoms with Crippen molar-refractivity contribution in [3.63, 3.8) is 0 Å². The van der Waals surface area contributed by atoms with Gasteiger partial charge in [-0.1, -0.05) is 13.0 Å². The third kappa shape index (κ3) is 3.85. The molecular formula is C16H22N6O. The van der Waals surface area contributed by atoms with Crippen molar-refractivity contribution in [3.8, 4) is 0 Å². The van der Waals surface area contributed by atoms with Crippen molar-refractivity contribution in [1.29, 1.82) is 0 Å². The van der Waals surface area contributed by atoms with Crippen molar-refractivity contribution in [2.24, 2.45) is 0 Å². The summed E-state index contributed by atoms with van der Waals surface area (Å²) in [6, 6.07) is 3.68. The number of amides is 2. The van der Waals surface area contributed by atoms with Gasteiger partial charge in [-0.25, -0.2) is 14.5 Å². The minimum Gasteiger partial charge on any atom is -0.338 e. The Balaban J connectivity index is 1.51. The number of rotatable bonds is 5. The molecule has 0 saturated heterocycles. The van der Waals surface area contributed by atoms with Crippen molar-refractivity contribution in [2.75, 3.05) is 6.54 Å². The fourth-order valence-corrected chi connectivity index (χ4v) is 2.76. The molecule has 3 heterocycles. The Bertz CT molecular complexity index is 654. The monoisotopic (exact) mass is 314 g/mol. The smallest absolute Gasteiger partial charge is 0.315 e. The van der Waals surface area contributed by atoms with Gasteiger partial charge in [0.15, 0.2) is 5.82 Å². The molecule has 3 rings (SSSR count). The lowest BCUT2D eigenvalue weighted by atomic mass is 10.1. The zero-order valence-electron chi connectivity index (χ0n) is 13.3. The largest absolute Gasteiger partial charge is 0.338 e. The van der Waals surface area contributed by atoms with Crippen LogP contribution in [0.4, 0.5) is 4.79 Å². The van der Waals surface area contributed by atoms with E-state index in [1.165, 1.54) is 0 Å². The highest BCUT2D eigenvalue weighted by atomic mass is 16.2. The summed E-state index contributed by atoms with van der Waals surface area (Å²) in [6.07, 6.45) is 7.03. The number of urea groups is 1. The molecular weight excluding hydrogens is 292 g/mol. The Morgan fingerprint density at radius 3 is 3.17 bits per heavy atom. The molecule has 2 aromatic heterocycles. The van der Waals surface area contributed by atoms with Gasteiger partial charge in [-0.15, -0.1) is 0 Å². The van der Waals surface area contributed by atoms with Crippen LogP contribution in [0.3, 0.4) is 0 Å². The van der Waals surface area contributed by atoms with E-state index in [4.69, 9.17) is 0 Å². The van der Waals surface area contributed by atoms with Gasteiger partial charge < -0.3 is 10.6 Å². The second-order valence-corrected chi connectivity index (χ2v) is 5.67. The van der Waals surface area contributed by atoms with Crippen molar-refractivity contribution in [1.82, 2.24) is 30.4 Å². The van der Waals surface area contributed by atoms with E-state index in [1.54, 1.807) is 6.20 Å². The van der Waals surface area contributed by atoms with Crippen LogP contribution < -0.4 is 10.6 Å². The van der Waals surface area contributed by atoms with Gasteiger partial charge in [-0.3, -0.25) is 4.98 Å². The molecule has 7 nitrogen and oxygen atoms in total. The van der Waals surface area contributed by atoms with Crippen LogP contribution >= 0.6 is 0 Å². The van der Waals surface area contributed by atoms with Gasteiger partial charge in [0.1, 0.15) is 5.82 Å². The topological polar surface area (TPSA) is 84.7 Å². The molecule has 0 aromatic carbocycles. The first kappa shape index (κ1) is 15.5. The Hall–Kier alpha value is -2.44. The van der Waals surface area contributed by atoms with Crippen LogP contribution in [-0.2, 0) is 19.4 Å². The Morgan fingerprint density at radius 2 is 2.39 bits per heavy atom. The van der Waals surface area contributed by atoms with Crippen LogP contribution in [0.5, 0.6) is 0 Å². The third-order valence-electron chi connectivity index (χ3n) is 3.96. The zero-order valence-corrected chi connectivity index (χ0v) is 13.3. The lowest BCUT2D eigenvalue weighted by molar-refractivity contribution is 0.233. The quantitative estimate of drug-likeness (QED) is 0.878. The van der Waals surface area contributed by atoms with Crippen LogP contribution in [0.1, 0.15) is 43.0 Å². The number of hydrogen-bond acceptors (Lipinski definition) is 4. The highest BCUT2D eigenvalue weighted by Gasteiger charge is 2.25. The highest BCUT2D eigenvalue weighted by Crippen LogP contribution is 2.22. The van der Waals surface area contributed by atoms with Crippen LogP contribution in [0.2, 0.25) is 0 Å². The highest BCUT2D eigenvalue weighted by molar-refractivity contribution is 5.74. The Kier molecular flexibility index (Phi) is 4.85. The molecule has 7 heteroatoms. The minimum atomic E-state index is -0.159. The molecule has 0 aliphatic carbocycles. The molecule has 1 unspecified atom stereocenters. The summed E-state index contributed by atoms with van der Waals surface area (Å²) in [5.74, 6) is 1.71. The Morgan fingerprint density at radius 1 is 1.48 bits per heavy atom. The van der Waals surface area contributed by atoms with Crippen LogP contribution in [0.25, 0.3) is 0 Å². The first-order valence-corrected chi connectivity index (χ1v) is 8.13. The van der Waals surface area contributed by atoms with E-state index < -0.39 is 0 Å². The van der Waals surface area contributed by atoms with Crippen molar-refractivity contribution >= 4 is 6.03 Å². The molecule has 1 aliphatic rings. The van der Waals surface area contributed by atoms with Gasteiger partial charge in [0.2, 0.25) is 0 Å². The Labute approximate surface area is 135 Å². The number of pyridine rings is 1. The van der Waals surface area contributed by atoms with E-state index in [9.17, 15) is 4.79 Å². The summed E-state index contributed by atoms with van der Waals surface area (Å²) < 4.78 is 1.92. The van der Waals surface area contributed by atoms with Gasteiger partial charge >= 0.3 is 6.03 Å². The summed E-state index contributed by atoms with van der Waals surface area (Å²) in [7, 11) is 0. The molecule has 0 radical (unpaired) electrons. The van der Waals surface area contributed by atoms with Gasteiger partial charge in [0, 0.05) is 31.9 Å². The molecule has 1 atom stereocenters. The summed E-state index contributed by atoms with van der Waals surface area (Å²) >= 11 is 0. The average Bonchev–Trinajstić information content (AvgIpc) is 3.00. The van der Waals surface area contributed by atoms with Gasteiger partial charge in [-0.2, -0.15) is 5.10 Å². The predicted molar refractivity (Wildman–Crippen MR) is 85.9 cm³/mol. The molecule has 2 aromatic rings. The second-order valence-electron chi connectivity index (χ2n) is 5.67. The molecule has 0 spiro atoms. The lowest BCUT2D eigenvalue weighted by Gasteiger charge is -2.23. The van der Waals surface area contributed by atoms with E-state index in [1.807, 2.05) is 29.9 Å². The molecule has 0 saturated carbocycles. The molecule has 122 valence electrons. The van der Waals surface area contributed by atoms with Crippen molar-refractivity contribution in [3.05, 3.63) is 41.7 Å². The molecule has 2 amide bonds. The first-order chi connectivity index (χ1) is 11.3. The SMILES string of the molecule is CCc1nc2n(n1)CCCC2NC(=O)NCCc1cccnc1. The maximum atomic E-state index is 12.1. The zero-order chi connectivity index (χ0) is 16.1. The fourth-order valence-electron chi connectivity index (χ4n) is 2.76. The predicted octanol–water partition coefficient (Wildman–Crippen LogP) is 1.61. The number of nitrogens with one attached hydrogen (secondary N) is 2. The lowest BCUT2D eigenvalue weighted by Crippen LogP contribution is -2.40.